The summed E-state index contributed by atoms with van der Waals surface area (Å²) < 4.78 is 19.9. The lowest BCUT2D eigenvalue weighted by molar-refractivity contribution is -0.112. The number of anilines is 1. The number of hydrogen-bond donors (Lipinski definition) is 2. The number of nitrogens with one attached hydrogen (secondary N) is 2. The number of aromatic nitrogens is 1. The predicted octanol–water partition coefficient (Wildman–Crippen LogP) is 4.40. The first-order valence-corrected chi connectivity index (χ1v) is 15.1. The number of urea groups is 1. The van der Waals surface area contributed by atoms with Gasteiger partial charge in [0.15, 0.2) is 0 Å². The fourth-order valence-electron chi connectivity index (χ4n) is 5.50. The number of H-pyrrole nitrogens is 1. The second kappa shape index (κ2) is 13.2. The summed E-state index contributed by atoms with van der Waals surface area (Å²) in [7, 11) is 0. The topological polar surface area (TPSA) is 118 Å². The molecule has 11 nitrogen and oxygen atoms in total. The molecular formula is C32H43FN6O5. The number of fused-ring (bicyclic) bond motifs is 1. The zero-order valence-electron chi connectivity index (χ0n) is 26.7. The van der Waals surface area contributed by atoms with Crippen LogP contribution in [0.4, 0.5) is 19.7 Å². The molecule has 0 atom stereocenters. The molecule has 1 fully saturated rings. The molecular weight excluding hydrogens is 567 g/mol. The molecule has 12 heteroatoms. The highest BCUT2D eigenvalue weighted by molar-refractivity contribution is 6.42. The molecule has 44 heavy (non-hydrogen) atoms. The van der Waals surface area contributed by atoms with Crippen LogP contribution in [0.1, 0.15) is 67.5 Å². The van der Waals surface area contributed by atoms with Gasteiger partial charge in [-0.15, -0.1) is 0 Å². The number of imide groups is 1. The Morgan fingerprint density at radius 1 is 1.07 bits per heavy atom. The minimum absolute atomic E-state index is 0.137. The number of benzene rings is 1. The molecule has 0 bridgehead atoms. The maximum Gasteiger partial charge on any atom is 0.410 e. The molecule has 0 aliphatic carbocycles. The Labute approximate surface area is 258 Å². The largest absolute Gasteiger partial charge is 0.444 e. The third-order valence-electron chi connectivity index (χ3n) is 7.92. The fraction of sp³-hybridized carbons (Fsp3) is 0.500. The van der Waals surface area contributed by atoms with E-state index < -0.39 is 29.4 Å². The molecule has 2 aromatic rings. The van der Waals surface area contributed by atoms with Gasteiger partial charge in [0.1, 0.15) is 11.4 Å². The highest BCUT2D eigenvalue weighted by Gasteiger charge is 2.40. The third kappa shape index (κ3) is 6.96. The van der Waals surface area contributed by atoms with Gasteiger partial charge in [-0.05, 0) is 77.5 Å². The Morgan fingerprint density at radius 2 is 1.70 bits per heavy atom. The van der Waals surface area contributed by atoms with Crippen molar-refractivity contribution in [1.82, 2.24) is 25.0 Å². The highest BCUT2D eigenvalue weighted by atomic mass is 19.1. The van der Waals surface area contributed by atoms with E-state index in [1.54, 1.807) is 40.7 Å². The molecule has 4 rings (SSSR count). The molecule has 2 N–H and O–H groups in total. The number of carbonyl (C=O) groups is 4. The Kier molecular flexibility index (Phi) is 9.82. The number of nitrogens with zero attached hydrogens (tertiary/aromatic N) is 4. The average Bonchev–Trinajstić information content (AvgIpc) is 3.40. The van der Waals surface area contributed by atoms with Gasteiger partial charge in [0.25, 0.3) is 11.8 Å². The van der Waals surface area contributed by atoms with Crippen molar-refractivity contribution in [3.63, 3.8) is 0 Å². The van der Waals surface area contributed by atoms with Crippen LogP contribution >= 0.6 is 0 Å². The minimum atomic E-state index is -0.639. The van der Waals surface area contributed by atoms with E-state index in [-0.39, 0.29) is 48.9 Å². The van der Waals surface area contributed by atoms with Crippen LogP contribution < -0.4 is 10.2 Å². The average molecular weight is 611 g/mol. The summed E-state index contributed by atoms with van der Waals surface area (Å²) in [6, 6.07) is 3.31. The normalized spacial score (nSPS) is 16.2. The van der Waals surface area contributed by atoms with E-state index in [2.05, 4.69) is 29.0 Å². The lowest BCUT2D eigenvalue weighted by Crippen LogP contribution is -2.55. The van der Waals surface area contributed by atoms with Gasteiger partial charge >= 0.3 is 12.1 Å². The van der Waals surface area contributed by atoms with E-state index in [9.17, 15) is 23.6 Å². The van der Waals surface area contributed by atoms with Crippen LogP contribution in [0.5, 0.6) is 0 Å². The first kappa shape index (κ1) is 32.7. The van der Waals surface area contributed by atoms with Crippen molar-refractivity contribution in [3.05, 3.63) is 52.1 Å². The monoisotopic (exact) mass is 610 g/mol. The van der Waals surface area contributed by atoms with Gasteiger partial charge in [0, 0.05) is 56.2 Å². The van der Waals surface area contributed by atoms with Crippen molar-refractivity contribution in [2.75, 3.05) is 57.3 Å². The van der Waals surface area contributed by atoms with Gasteiger partial charge in [-0.2, -0.15) is 0 Å². The van der Waals surface area contributed by atoms with E-state index in [0.717, 1.165) is 24.5 Å². The molecule has 1 saturated heterocycles. The number of likely N-dealkylation sites (N-methyl/N-ethyl adjacent to an activating group) is 1. The molecule has 0 radical (unpaired) electrons. The SMILES string of the molecule is CCN(CC)CCNC(=O)c1c(C)[nH]c(C=C2C(=O)N(C(=O)N3CCN(C(=O)OC(C)(C)C)CC3)c3ccc(F)cc32)c1C. The summed E-state index contributed by atoms with van der Waals surface area (Å²) in [5.74, 6) is -1.36. The van der Waals surface area contributed by atoms with E-state index in [0.29, 0.717) is 29.1 Å². The summed E-state index contributed by atoms with van der Waals surface area (Å²) in [5.41, 5.74) is 2.34. The molecule has 5 amide bonds. The van der Waals surface area contributed by atoms with E-state index in [4.69, 9.17) is 4.74 Å². The summed E-state index contributed by atoms with van der Waals surface area (Å²) in [4.78, 5) is 62.5. The number of aromatic amines is 1. The van der Waals surface area contributed by atoms with Crippen LogP contribution in [-0.4, -0.2) is 102 Å². The quantitative estimate of drug-likeness (QED) is 0.449. The Bertz CT molecular complexity index is 1460. The molecule has 1 aromatic heterocycles. The smallest absolute Gasteiger partial charge is 0.410 e. The third-order valence-corrected chi connectivity index (χ3v) is 7.92. The Balaban J connectivity index is 1.55. The van der Waals surface area contributed by atoms with Crippen LogP contribution in [0.3, 0.4) is 0 Å². The maximum absolute atomic E-state index is 14.4. The molecule has 238 valence electrons. The number of aryl methyl sites for hydroxylation is 1. The van der Waals surface area contributed by atoms with E-state index >= 15 is 0 Å². The van der Waals surface area contributed by atoms with Gasteiger partial charge in [0.2, 0.25) is 0 Å². The summed E-state index contributed by atoms with van der Waals surface area (Å²) in [5, 5.41) is 2.97. The van der Waals surface area contributed by atoms with Crippen molar-refractivity contribution in [2.24, 2.45) is 0 Å². The number of carbonyl (C=O) groups excluding carboxylic acids is 4. The van der Waals surface area contributed by atoms with Gasteiger partial charge in [0.05, 0.1) is 16.8 Å². The molecule has 0 spiro atoms. The van der Waals surface area contributed by atoms with Crippen molar-refractivity contribution in [1.29, 1.82) is 0 Å². The van der Waals surface area contributed by atoms with Crippen molar-refractivity contribution >= 4 is 41.3 Å². The van der Waals surface area contributed by atoms with Crippen LogP contribution in [0, 0.1) is 19.7 Å². The number of amides is 5. The maximum atomic E-state index is 14.4. The first-order valence-electron chi connectivity index (χ1n) is 15.1. The van der Waals surface area contributed by atoms with E-state index in [1.807, 2.05) is 0 Å². The summed E-state index contributed by atoms with van der Waals surface area (Å²) in [6.07, 6.45) is 1.12. The standard InChI is InChI=1S/C32H43FN6O5/c1-8-36(9-2)13-12-34-28(40)27-20(3)25(35-21(27)4)19-24-23-18-22(33)10-11-26(23)39(29(24)41)30(42)37-14-16-38(17-15-37)31(43)44-32(5,6)7/h10-11,18-19,35H,8-9,12-17H2,1-7H3,(H,34,40). The Hall–Kier alpha value is -4.19. The van der Waals surface area contributed by atoms with Crippen LogP contribution in [0.2, 0.25) is 0 Å². The highest BCUT2D eigenvalue weighted by Crippen LogP contribution is 2.39. The summed E-state index contributed by atoms with van der Waals surface area (Å²) in [6.45, 7) is 17.0. The zero-order chi connectivity index (χ0) is 32.3. The van der Waals surface area contributed by atoms with Gasteiger partial charge < -0.3 is 29.7 Å². The van der Waals surface area contributed by atoms with Gasteiger partial charge in [-0.25, -0.2) is 18.9 Å². The van der Waals surface area contributed by atoms with Crippen molar-refractivity contribution in [2.45, 2.75) is 54.1 Å². The van der Waals surface area contributed by atoms with Crippen LogP contribution in [0.25, 0.3) is 11.6 Å². The molecule has 1 aromatic carbocycles. The lowest BCUT2D eigenvalue weighted by Gasteiger charge is -2.36. The molecule has 3 heterocycles. The van der Waals surface area contributed by atoms with E-state index in [1.165, 1.54) is 28.0 Å². The number of piperazine rings is 1. The predicted molar refractivity (Wildman–Crippen MR) is 167 cm³/mol. The zero-order valence-corrected chi connectivity index (χ0v) is 26.7. The number of ether oxygens (including phenoxy) is 1. The Morgan fingerprint density at radius 3 is 2.32 bits per heavy atom. The number of rotatable bonds is 7. The second-order valence-electron chi connectivity index (χ2n) is 12.0. The minimum Gasteiger partial charge on any atom is -0.444 e. The van der Waals surface area contributed by atoms with Crippen molar-refractivity contribution in [3.8, 4) is 0 Å². The number of hydrogen-bond acceptors (Lipinski definition) is 6. The molecule has 0 unspecified atom stereocenters. The van der Waals surface area contributed by atoms with Crippen LogP contribution in [-0.2, 0) is 9.53 Å². The molecule has 2 aliphatic heterocycles. The summed E-state index contributed by atoms with van der Waals surface area (Å²) >= 11 is 0. The molecule has 2 aliphatic rings. The second-order valence-corrected chi connectivity index (χ2v) is 12.0. The lowest BCUT2D eigenvalue weighted by atomic mass is 10.0. The molecule has 0 saturated carbocycles. The van der Waals surface area contributed by atoms with Gasteiger partial charge in [-0.1, -0.05) is 13.8 Å². The van der Waals surface area contributed by atoms with Gasteiger partial charge in [-0.3, -0.25) is 9.59 Å². The van der Waals surface area contributed by atoms with Crippen molar-refractivity contribution < 1.29 is 28.3 Å². The number of halogens is 1. The first-order chi connectivity index (χ1) is 20.7. The fourth-order valence-corrected chi connectivity index (χ4v) is 5.50. The van der Waals surface area contributed by atoms with Crippen LogP contribution in [0.15, 0.2) is 18.2 Å².